The second kappa shape index (κ2) is 12.3. The predicted octanol–water partition coefficient (Wildman–Crippen LogP) is 4.73. The molecule has 0 radical (unpaired) electrons. The van der Waals surface area contributed by atoms with E-state index in [-0.39, 0.29) is 24.4 Å². The molecule has 0 unspecified atom stereocenters. The van der Waals surface area contributed by atoms with Crippen LogP contribution < -0.4 is 5.32 Å². The van der Waals surface area contributed by atoms with Gasteiger partial charge in [0.25, 0.3) is 5.91 Å². The number of rotatable bonds is 10. The van der Waals surface area contributed by atoms with Crippen LogP contribution in [0.2, 0.25) is 0 Å². The number of carbonyl (C=O) groups is 2. The molecule has 40 heavy (non-hydrogen) atoms. The maximum atomic E-state index is 13.9. The van der Waals surface area contributed by atoms with Gasteiger partial charge in [0.1, 0.15) is 18.1 Å². The lowest BCUT2D eigenvalue weighted by molar-refractivity contribution is -0.142. The third-order valence-corrected chi connectivity index (χ3v) is 7.38. The SMILES string of the molecule is Cc1ccc(-c2nnn(CC(=O)N(CCc3cccc(C)c3)[C@H](C(=O)NC3CCCC3)c3ccc(C)o3)n2)cc1. The number of nitrogens with one attached hydrogen (secondary N) is 1. The molecule has 1 aliphatic rings. The monoisotopic (exact) mass is 540 g/mol. The first-order valence-electron chi connectivity index (χ1n) is 13.9. The van der Waals surface area contributed by atoms with E-state index < -0.39 is 6.04 Å². The first kappa shape index (κ1) is 27.3. The van der Waals surface area contributed by atoms with E-state index in [2.05, 4.69) is 26.8 Å². The van der Waals surface area contributed by atoms with Crippen molar-refractivity contribution in [2.75, 3.05) is 6.54 Å². The van der Waals surface area contributed by atoms with Gasteiger partial charge in [-0.25, -0.2) is 0 Å². The third-order valence-electron chi connectivity index (χ3n) is 7.38. The van der Waals surface area contributed by atoms with Gasteiger partial charge in [0.05, 0.1) is 0 Å². The zero-order valence-corrected chi connectivity index (χ0v) is 23.3. The minimum absolute atomic E-state index is 0.105. The lowest BCUT2D eigenvalue weighted by Gasteiger charge is -2.30. The van der Waals surface area contributed by atoms with Crippen molar-refractivity contribution < 1.29 is 14.0 Å². The van der Waals surface area contributed by atoms with Crippen LogP contribution in [0.5, 0.6) is 0 Å². The zero-order chi connectivity index (χ0) is 28.1. The summed E-state index contributed by atoms with van der Waals surface area (Å²) in [5, 5.41) is 15.9. The van der Waals surface area contributed by atoms with E-state index in [9.17, 15) is 9.59 Å². The molecule has 0 aliphatic heterocycles. The predicted molar refractivity (Wildman–Crippen MR) is 151 cm³/mol. The molecule has 9 nitrogen and oxygen atoms in total. The van der Waals surface area contributed by atoms with Crippen LogP contribution in [0.15, 0.2) is 65.1 Å². The highest BCUT2D eigenvalue weighted by molar-refractivity contribution is 5.88. The molecule has 2 aromatic carbocycles. The lowest BCUT2D eigenvalue weighted by atomic mass is 10.1. The fourth-order valence-electron chi connectivity index (χ4n) is 5.23. The minimum atomic E-state index is -0.910. The van der Waals surface area contributed by atoms with Gasteiger partial charge in [-0.3, -0.25) is 9.59 Å². The van der Waals surface area contributed by atoms with Crippen LogP contribution in [-0.4, -0.2) is 49.5 Å². The van der Waals surface area contributed by atoms with E-state index >= 15 is 0 Å². The number of furan rings is 1. The second-order valence-corrected chi connectivity index (χ2v) is 10.7. The number of hydrogen-bond donors (Lipinski definition) is 1. The third kappa shape index (κ3) is 6.65. The largest absolute Gasteiger partial charge is 0.464 e. The van der Waals surface area contributed by atoms with E-state index in [0.29, 0.717) is 30.3 Å². The van der Waals surface area contributed by atoms with Crippen molar-refractivity contribution in [1.29, 1.82) is 0 Å². The fraction of sp³-hybridized carbons (Fsp3) is 0.387. The molecule has 1 aliphatic carbocycles. The molecule has 1 fully saturated rings. The molecule has 2 aromatic heterocycles. The summed E-state index contributed by atoms with van der Waals surface area (Å²) >= 11 is 0. The molecular formula is C31H36N6O3. The number of benzene rings is 2. The summed E-state index contributed by atoms with van der Waals surface area (Å²) in [5.74, 6) is 1.04. The molecule has 2 heterocycles. The van der Waals surface area contributed by atoms with Crippen molar-refractivity contribution in [3.63, 3.8) is 0 Å². The zero-order valence-electron chi connectivity index (χ0n) is 23.3. The molecule has 5 rings (SSSR count). The highest BCUT2D eigenvalue weighted by atomic mass is 16.3. The van der Waals surface area contributed by atoms with E-state index in [1.807, 2.05) is 69.3 Å². The molecular weight excluding hydrogens is 504 g/mol. The number of aryl methyl sites for hydroxylation is 3. The molecule has 4 aromatic rings. The molecule has 1 saturated carbocycles. The summed E-state index contributed by atoms with van der Waals surface area (Å²) in [5.41, 5.74) is 4.18. The Kier molecular flexibility index (Phi) is 8.38. The van der Waals surface area contributed by atoms with E-state index in [4.69, 9.17) is 4.42 Å². The lowest BCUT2D eigenvalue weighted by Crippen LogP contribution is -2.47. The van der Waals surface area contributed by atoms with Crippen molar-refractivity contribution in [3.8, 4) is 11.4 Å². The van der Waals surface area contributed by atoms with Gasteiger partial charge in [0.15, 0.2) is 6.04 Å². The van der Waals surface area contributed by atoms with Crippen LogP contribution in [0.4, 0.5) is 0 Å². The summed E-state index contributed by atoms with van der Waals surface area (Å²) in [4.78, 5) is 30.6. The molecule has 0 saturated heterocycles. The van der Waals surface area contributed by atoms with Gasteiger partial charge < -0.3 is 14.6 Å². The van der Waals surface area contributed by atoms with Crippen LogP contribution in [-0.2, 0) is 22.6 Å². The van der Waals surface area contributed by atoms with E-state index in [1.54, 1.807) is 11.0 Å². The molecule has 9 heteroatoms. The Morgan fingerprint density at radius 3 is 2.50 bits per heavy atom. The average Bonchev–Trinajstić information content (AvgIpc) is 3.70. The quantitative estimate of drug-likeness (QED) is 0.312. The van der Waals surface area contributed by atoms with Crippen molar-refractivity contribution in [1.82, 2.24) is 30.4 Å². The summed E-state index contributed by atoms with van der Waals surface area (Å²) in [6, 6.07) is 18.8. The molecule has 0 bridgehead atoms. The number of carbonyl (C=O) groups excluding carboxylic acids is 2. The van der Waals surface area contributed by atoms with Crippen LogP contribution in [0, 0.1) is 20.8 Å². The topological polar surface area (TPSA) is 106 Å². The highest BCUT2D eigenvalue weighted by Gasteiger charge is 2.35. The van der Waals surface area contributed by atoms with Gasteiger partial charge in [0.2, 0.25) is 11.7 Å². The van der Waals surface area contributed by atoms with Crippen molar-refractivity contribution in [2.24, 2.45) is 0 Å². The van der Waals surface area contributed by atoms with Crippen LogP contribution in [0.3, 0.4) is 0 Å². The average molecular weight is 541 g/mol. The smallest absolute Gasteiger partial charge is 0.250 e. The highest BCUT2D eigenvalue weighted by Crippen LogP contribution is 2.27. The Bertz CT molecular complexity index is 1450. The molecule has 1 N–H and O–H groups in total. The van der Waals surface area contributed by atoms with E-state index in [0.717, 1.165) is 47.9 Å². The van der Waals surface area contributed by atoms with Crippen LogP contribution >= 0.6 is 0 Å². The summed E-state index contributed by atoms with van der Waals surface area (Å²) in [6.45, 7) is 6.06. The summed E-state index contributed by atoms with van der Waals surface area (Å²) < 4.78 is 5.95. The van der Waals surface area contributed by atoms with Crippen molar-refractivity contribution in [2.45, 2.75) is 71.5 Å². The maximum Gasteiger partial charge on any atom is 0.250 e. The Hall–Kier alpha value is -4.27. The Morgan fingerprint density at radius 2 is 1.80 bits per heavy atom. The molecule has 1 atom stereocenters. The number of nitrogens with zero attached hydrogens (tertiary/aromatic N) is 5. The number of amides is 2. The number of aromatic nitrogens is 4. The fourth-order valence-corrected chi connectivity index (χ4v) is 5.23. The summed E-state index contributed by atoms with van der Waals surface area (Å²) in [7, 11) is 0. The van der Waals surface area contributed by atoms with Crippen molar-refractivity contribution >= 4 is 11.8 Å². The van der Waals surface area contributed by atoms with Gasteiger partial charge in [-0.05, 0) is 62.9 Å². The molecule has 2 amide bonds. The van der Waals surface area contributed by atoms with E-state index in [1.165, 1.54) is 4.80 Å². The Morgan fingerprint density at radius 1 is 1.02 bits per heavy atom. The maximum absolute atomic E-state index is 13.9. The normalized spacial score (nSPS) is 14.3. The van der Waals surface area contributed by atoms with Crippen LogP contribution in [0.1, 0.15) is 59.9 Å². The van der Waals surface area contributed by atoms with Gasteiger partial charge in [-0.15, -0.1) is 10.2 Å². The Balaban J connectivity index is 1.42. The first-order valence-corrected chi connectivity index (χ1v) is 13.9. The van der Waals surface area contributed by atoms with Gasteiger partial charge in [0, 0.05) is 18.2 Å². The first-order chi connectivity index (χ1) is 19.4. The van der Waals surface area contributed by atoms with Gasteiger partial charge >= 0.3 is 0 Å². The van der Waals surface area contributed by atoms with Gasteiger partial charge in [-0.2, -0.15) is 4.80 Å². The Labute approximate surface area is 234 Å². The minimum Gasteiger partial charge on any atom is -0.464 e. The summed E-state index contributed by atoms with van der Waals surface area (Å²) in [6.07, 6.45) is 4.65. The number of tetrazole rings is 1. The number of hydrogen-bond acceptors (Lipinski definition) is 6. The molecule has 208 valence electrons. The van der Waals surface area contributed by atoms with Crippen LogP contribution in [0.25, 0.3) is 11.4 Å². The molecule has 0 spiro atoms. The standard InChI is InChI=1S/C31H36N6O3/c1-21-11-14-25(15-12-21)30-33-35-37(34-30)20-28(38)36(18-17-24-8-6-7-22(2)19-24)29(27-16-13-23(3)40-27)31(39)32-26-9-4-5-10-26/h6-8,11-16,19,26,29H,4-5,9-10,17-18,20H2,1-3H3,(H,32,39)/t29-/m0/s1. The van der Waals surface area contributed by atoms with Gasteiger partial charge in [-0.1, -0.05) is 72.5 Å². The van der Waals surface area contributed by atoms with Crippen molar-refractivity contribution in [3.05, 3.63) is 88.9 Å². The second-order valence-electron chi connectivity index (χ2n) is 10.7.